The lowest BCUT2D eigenvalue weighted by Gasteiger charge is -2.17. The molecule has 86 valence electrons. The summed E-state index contributed by atoms with van der Waals surface area (Å²) >= 11 is 0. The molecule has 0 saturated carbocycles. The molecular formula is C11H25NO2. The first kappa shape index (κ1) is 13.9. The predicted molar refractivity (Wildman–Crippen MR) is 59.7 cm³/mol. The van der Waals surface area contributed by atoms with E-state index in [1.165, 1.54) is 0 Å². The molecule has 3 heteroatoms. The first-order chi connectivity index (χ1) is 6.85. The summed E-state index contributed by atoms with van der Waals surface area (Å²) in [5, 5.41) is 0. The van der Waals surface area contributed by atoms with Gasteiger partial charge in [0.15, 0.2) is 0 Å². The van der Waals surface area contributed by atoms with Crippen molar-refractivity contribution in [3.8, 4) is 0 Å². The number of likely N-dealkylation sites (N-methyl/N-ethyl adjacent to an activating group) is 1. The average molecular weight is 203 g/mol. The second-order valence-corrected chi connectivity index (χ2v) is 3.25. The van der Waals surface area contributed by atoms with Crippen molar-refractivity contribution in [3.63, 3.8) is 0 Å². The predicted octanol–water partition coefficient (Wildman–Crippen LogP) is 1.77. The van der Waals surface area contributed by atoms with Crippen LogP contribution in [0.5, 0.6) is 0 Å². The molecule has 0 rings (SSSR count). The van der Waals surface area contributed by atoms with Gasteiger partial charge in [-0.3, -0.25) is 0 Å². The Kier molecular flexibility index (Phi) is 10.9. The SMILES string of the molecule is CCCOCCOCCN(CC)CC. The van der Waals surface area contributed by atoms with Crippen molar-refractivity contribution >= 4 is 0 Å². The number of hydrogen-bond donors (Lipinski definition) is 0. The van der Waals surface area contributed by atoms with E-state index in [1.807, 2.05) is 0 Å². The van der Waals surface area contributed by atoms with Crippen LogP contribution in [-0.4, -0.2) is 51.0 Å². The van der Waals surface area contributed by atoms with Crippen LogP contribution in [0.25, 0.3) is 0 Å². The van der Waals surface area contributed by atoms with Gasteiger partial charge < -0.3 is 14.4 Å². The number of hydrogen-bond acceptors (Lipinski definition) is 3. The van der Waals surface area contributed by atoms with E-state index >= 15 is 0 Å². The quantitative estimate of drug-likeness (QED) is 0.505. The van der Waals surface area contributed by atoms with Crippen LogP contribution in [0, 0.1) is 0 Å². The van der Waals surface area contributed by atoms with E-state index in [0.29, 0.717) is 0 Å². The van der Waals surface area contributed by atoms with Crippen molar-refractivity contribution in [1.82, 2.24) is 4.90 Å². The highest BCUT2D eigenvalue weighted by molar-refractivity contribution is 4.49. The third-order valence-electron chi connectivity index (χ3n) is 2.17. The summed E-state index contributed by atoms with van der Waals surface area (Å²) < 4.78 is 10.8. The Balaban J connectivity index is 3.04. The van der Waals surface area contributed by atoms with Crippen molar-refractivity contribution in [2.24, 2.45) is 0 Å². The summed E-state index contributed by atoms with van der Waals surface area (Å²) in [7, 11) is 0. The number of rotatable bonds is 10. The molecule has 14 heavy (non-hydrogen) atoms. The van der Waals surface area contributed by atoms with E-state index < -0.39 is 0 Å². The molecule has 0 aromatic rings. The van der Waals surface area contributed by atoms with Crippen LogP contribution in [0.15, 0.2) is 0 Å². The van der Waals surface area contributed by atoms with Crippen molar-refractivity contribution in [2.45, 2.75) is 27.2 Å². The normalized spacial score (nSPS) is 11.1. The third-order valence-corrected chi connectivity index (χ3v) is 2.17. The van der Waals surface area contributed by atoms with Crippen LogP contribution in [0.1, 0.15) is 27.2 Å². The standard InChI is InChI=1S/C11H25NO2/c1-4-8-13-10-11-14-9-7-12(5-2)6-3/h4-11H2,1-3H3. The Bertz CT molecular complexity index is 105. The maximum absolute atomic E-state index is 5.45. The summed E-state index contributed by atoms with van der Waals surface area (Å²) in [6.45, 7) is 12.8. The molecule has 0 aliphatic rings. The van der Waals surface area contributed by atoms with Gasteiger partial charge in [0, 0.05) is 13.2 Å². The van der Waals surface area contributed by atoms with E-state index in [4.69, 9.17) is 9.47 Å². The first-order valence-electron chi connectivity index (χ1n) is 5.72. The Hall–Kier alpha value is -0.120. The molecule has 0 aliphatic carbocycles. The third kappa shape index (κ3) is 8.48. The van der Waals surface area contributed by atoms with E-state index in [0.717, 1.165) is 52.5 Å². The molecule has 0 saturated heterocycles. The zero-order valence-corrected chi connectivity index (χ0v) is 9.92. The fourth-order valence-electron chi connectivity index (χ4n) is 1.20. The summed E-state index contributed by atoms with van der Waals surface area (Å²) in [6.07, 6.45) is 1.08. The molecule has 0 aromatic carbocycles. The van der Waals surface area contributed by atoms with E-state index in [1.54, 1.807) is 0 Å². The fourth-order valence-corrected chi connectivity index (χ4v) is 1.20. The minimum absolute atomic E-state index is 0.723. The molecule has 0 spiro atoms. The van der Waals surface area contributed by atoms with Gasteiger partial charge in [0.05, 0.1) is 19.8 Å². The molecule has 0 amide bonds. The topological polar surface area (TPSA) is 21.7 Å². The molecular weight excluding hydrogens is 178 g/mol. The number of ether oxygens (including phenoxy) is 2. The second kappa shape index (κ2) is 11.0. The summed E-state index contributed by atoms with van der Waals surface area (Å²) in [6, 6.07) is 0. The van der Waals surface area contributed by atoms with Crippen molar-refractivity contribution in [3.05, 3.63) is 0 Å². The molecule has 0 bridgehead atoms. The minimum Gasteiger partial charge on any atom is -0.379 e. The van der Waals surface area contributed by atoms with Crippen LogP contribution in [0.2, 0.25) is 0 Å². The van der Waals surface area contributed by atoms with E-state index in [-0.39, 0.29) is 0 Å². The molecule has 0 radical (unpaired) electrons. The second-order valence-electron chi connectivity index (χ2n) is 3.25. The molecule has 3 nitrogen and oxygen atoms in total. The highest BCUT2D eigenvalue weighted by Gasteiger charge is 1.97. The van der Waals surface area contributed by atoms with Gasteiger partial charge in [0.1, 0.15) is 0 Å². The molecule has 0 aromatic heterocycles. The summed E-state index contributed by atoms with van der Waals surface area (Å²) in [5.74, 6) is 0. The highest BCUT2D eigenvalue weighted by atomic mass is 16.5. The van der Waals surface area contributed by atoms with Crippen molar-refractivity contribution < 1.29 is 9.47 Å². The minimum atomic E-state index is 0.723. The van der Waals surface area contributed by atoms with Crippen molar-refractivity contribution in [2.75, 3.05) is 46.1 Å². The van der Waals surface area contributed by atoms with Gasteiger partial charge in [0.25, 0.3) is 0 Å². The zero-order valence-electron chi connectivity index (χ0n) is 9.92. The lowest BCUT2D eigenvalue weighted by Crippen LogP contribution is -2.27. The van der Waals surface area contributed by atoms with Crippen LogP contribution in [0.3, 0.4) is 0 Å². The zero-order chi connectivity index (χ0) is 10.6. The van der Waals surface area contributed by atoms with Gasteiger partial charge in [-0.25, -0.2) is 0 Å². The Morgan fingerprint density at radius 3 is 1.86 bits per heavy atom. The maximum atomic E-state index is 5.45. The molecule has 0 N–H and O–H groups in total. The molecule has 0 fully saturated rings. The maximum Gasteiger partial charge on any atom is 0.0701 e. The first-order valence-corrected chi connectivity index (χ1v) is 5.72. The van der Waals surface area contributed by atoms with Crippen LogP contribution >= 0.6 is 0 Å². The lowest BCUT2D eigenvalue weighted by atomic mass is 10.5. The van der Waals surface area contributed by atoms with Gasteiger partial charge in [-0.15, -0.1) is 0 Å². The van der Waals surface area contributed by atoms with Crippen molar-refractivity contribution in [1.29, 1.82) is 0 Å². The number of nitrogens with zero attached hydrogens (tertiary/aromatic N) is 1. The van der Waals surface area contributed by atoms with Crippen LogP contribution in [0.4, 0.5) is 0 Å². The van der Waals surface area contributed by atoms with Gasteiger partial charge in [-0.05, 0) is 19.5 Å². The van der Waals surface area contributed by atoms with Gasteiger partial charge in [0.2, 0.25) is 0 Å². The van der Waals surface area contributed by atoms with E-state index in [9.17, 15) is 0 Å². The van der Waals surface area contributed by atoms with Crippen LogP contribution in [-0.2, 0) is 9.47 Å². The molecule has 0 atom stereocenters. The Labute approximate surface area is 88.4 Å². The van der Waals surface area contributed by atoms with Gasteiger partial charge in [-0.1, -0.05) is 20.8 Å². The van der Waals surface area contributed by atoms with Gasteiger partial charge >= 0.3 is 0 Å². The smallest absolute Gasteiger partial charge is 0.0701 e. The van der Waals surface area contributed by atoms with E-state index in [2.05, 4.69) is 25.7 Å². The largest absolute Gasteiger partial charge is 0.379 e. The Morgan fingerprint density at radius 1 is 0.786 bits per heavy atom. The monoisotopic (exact) mass is 203 g/mol. The lowest BCUT2D eigenvalue weighted by molar-refractivity contribution is 0.0398. The van der Waals surface area contributed by atoms with Gasteiger partial charge in [-0.2, -0.15) is 0 Å². The molecule has 0 unspecified atom stereocenters. The summed E-state index contributed by atoms with van der Waals surface area (Å²) in [4.78, 5) is 2.35. The molecule has 0 heterocycles. The van der Waals surface area contributed by atoms with Crippen LogP contribution < -0.4 is 0 Å². The average Bonchev–Trinajstić information content (AvgIpc) is 2.22. The fraction of sp³-hybridized carbons (Fsp3) is 1.00. The molecule has 0 aliphatic heterocycles. The Morgan fingerprint density at radius 2 is 1.36 bits per heavy atom. The summed E-state index contributed by atoms with van der Waals surface area (Å²) in [5.41, 5.74) is 0. The highest BCUT2D eigenvalue weighted by Crippen LogP contribution is 1.87.